The van der Waals surface area contributed by atoms with Gasteiger partial charge in [0.1, 0.15) is 22.8 Å². The van der Waals surface area contributed by atoms with Gasteiger partial charge in [0.15, 0.2) is 5.76 Å². The number of hydrogen-bond donors (Lipinski definition) is 2. The molecular weight excluding hydrogens is 416 g/mol. The summed E-state index contributed by atoms with van der Waals surface area (Å²) in [5.74, 6) is 2.21. The molecule has 0 radical (unpaired) electrons. The Morgan fingerprint density at radius 2 is 1.12 bits per heavy atom. The molecule has 6 heteroatoms. The first-order valence-electron chi connectivity index (χ1n) is 10.3. The zero-order valence-corrected chi connectivity index (χ0v) is 17.5. The van der Waals surface area contributed by atoms with Crippen LogP contribution in [0.2, 0.25) is 0 Å². The maximum absolute atomic E-state index is 13.3. The second-order valence-electron chi connectivity index (χ2n) is 7.45. The highest BCUT2D eigenvalue weighted by atomic mass is 16.5. The zero-order chi connectivity index (χ0) is 22.8. The number of hydrogen-bond acceptors (Lipinski definition) is 6. The molecule has 0 saturated heterocycles. The van der Waals surface area contributed by atoms with Crippen molar-refractivity contribution in [1.82, 2.24) is 0 Å². The maximum Gasteiger partial charge on any atom is 0.235 e. The van der Waals surface area contributed by atoms with Gasteiger partial charge in [0.25, 0.3) is 0 Å². The summed E-state index contributed by atoms with van der Waals surface area (Å²) in [6.07, 6.45) is 0. The molecule has 162 valence electrons. The molecule has 0 amide bonds. The lowest BCUT2D eigenvalue weighted by Crippen LogP contribution is -2.07. The Balaban J connectivity index is 1.55. The molecule has 0 atom stereocenters. The molecule has 4 N–H and O–H groups in total. The topological polar surface area (TPSA) is 101 Å². The van der Waals surface area contributed by atoms with Gasteiger partial charge in [0.2, 0.25) is 11.2 Å². The van der Waals surface area contributed by atoms with Crippen LogP contribution in [-0.2, 0) is 0 Å². The van der Waals surface area contributed by atoms with Gasteiger partial charge in [0, 0.05) is 16.9 Å². The lowest BCUT2D eigenvalue weighted by molar-refractivity contribution is 0.458. The fraction of sp³-hybridized carbons (Fsp3) is 0. The Morgan fingerprint density at radius 1 is 0.606 bits per heavy atom. The van der Waals surface area contributed by atoms with E-state index in [0.717, 1.165) is 0 Å². The highest BCUT2D eigenvalue weighted by Crippen LogP contribution is 2.35. The van der Waals surface area contributed by atoms with E-state index in [2.05, 4.69) is 0 Å². The van der Waals surface area contributed by atoms with E-state index in [4.69, 9.17) is 25.4 Å². The number of benzene rings is 4. The predicted octanol–water partition coefficient (Wildman–Crippen LogP) is 6.21. The van der Waals surface area contributed by atoms with Gasteiger partial charge in [-0.25, -0.2) is 0 Å². The van der Waals surface area contributed by atoms with Gasteiger partial charge in [-0.15, -0.1) is 0 Å². The number of nitrogens with two attached hydrogens (primary N) is 2. The van der Waals surface area contributed by atoms with Gasteiger partial charge in [-0.1, -0.05) is 12.1 Å². The molecule has 0 aliphatic rings. The van der Waals surface area contributed by atoms with Gasteiger partial charge in [-0.05, 0) is 84.9 Å². The van der Waals surface area contributed by atoms with E-state index in [1.165, 1.54) is 0 Å². The molecule has 0 spiro atoms. The Labute approximate surface area is 189 Å². The van der Waals surface area contributed by atoms with Crippen molar-refractivity contribution >= 4 is 22.3 Å². The molecule has 1 aromatic heterocycles. The predicted molar refractivity (Wildman–Crippen MR) is 130 cm³/mol. The SMILES string of the molecule is Nc1ccc(Oc2ccc(-c3oc4ccccc4c(=O)c3Oc3ccc(N)cc3)cc2)cc1. The number of para-hydroxylation sites is 1. The first-order chi connectivity index (χ1) is 16.1. The van der Waals surface area contributed by atoms with Gasteiger partial charge >= 0.3 is 0 Å². The smallest absolute Gasteiger partial charge is 0.235 e. The third-order valence-corrected chi connectivity index (χ3v) is 5.09. The van der Waals surface area contributed by atoms with Crippen molar-refractivity contribution in [2.45, 2.75) is 0 Å². The minimum absolute atomic E-state index is 0.102. The van der Waals surface area contributed by atoms with Crippen molar-refractivity contribution < 1.29 is 13.9 Å². The van der Waals surface area contributed by atoms with Gasteiger partial charge in [-0.3, -0.25) is 4.79 Å². The zero-order valence-electron chi connectivity index (χ0n) is 17.5. The molecule has 0 aliphatic carbocycles. The van der Waals surface area contributed by atoms with Crippen LogP contribution in [0.3, 0.4) is 0 Å². The Hall–Kier alpha value is -4.71. The summed E-state index contributed by atoms with van der Waals surface area (Å²) in [6, 6.07) is 28.3. The van der Waals surface area contributed by atoms with Crippen molar-refractivity contribution in [1.29, 1.82) is 0 Å². The maximum atomic E-state index is 13.3. The Morgan fingerprint density at radius 3 is 1.73 bits per heavy atom. The van der Waals surface area contributed by atoms with Crippen molar-refractivity contribution in [2.24, 2.45) is 0 Å². The molecule has 0 unspecified atom stereocenters. The van der Waals surface area contributed by atoms with Crippen LogP contribution in [0.4, 0.5) is 11.4 Å². The van der Waals surface area contributed by atoms with Gasteiger partial charge in [0.05, 0.1) is 5.39 Å². The van der Waals surface area contributed by atoms with E-state index in [0.29, 0.717) is 50.9 Å². The first-order valence-corrected chi connectivity index (χ1v) is 10.3. The number of fused-ring (bicyclic) bond motifs is 1. The van der Waals surface area contributed by atoms with Crippen molar-refractivity contribution in [3.63, 3.8) is 0 Å². The van der Waals surface area contributed by atoms with Crippen LogP contribution in [0, 0.1) is 0 Å². The summed E-state index contributed by atoms with van der Waals surface area (Å²) in [7, 11) is 0. The quantitative estimate of drug-likeness (QED) is 0.318. The average molecular weight is 436 g/mol. The molecule has 0 fully saturated rings. The first kappa shape index (κ1) is 20.2. The van der Waals surface area contributed by atoms with Crippen LogP contribution in [0.5, 0.6) is 23.0 Å². The highest BCUT2D eigenvalue weighted by molar-refractivity contribution is 5.82. The molecule has 5 aromatic rings. The van der Waals surface area contributed by atoms with Crippen LogP contribution >= 0.6 is 0 Å². The standard InChI is InChI=1S/C27H20N2O4/c28-18-7-13-21(14-8-18)31-20-11-5-17(6-12-20)26-27(32-22-15-9-19(29)10-16-22)25(30)23-3-1-2-4-24(23)33-26/h1-16H,28-29H2. The van der Waals surface area contributed by atoms with Crippen LogP contribution in [0.15, 0.2) is 106 Å². The second kappa shape index (κ2) is 8.43. The third-order valence-electron chi connectivity index (χ3n) is 5.09. The van der Waals surface area contributed by atoms with E-state index >= 15 is 0 Å². The third kappa shape index (κ3) is 4.22. The van der Waals surface area contributed by atoms with Gasteiger partial charge in [-0.2, -0.15) is 0 Å². The molecular formula is C27H20N2O4. The Bertz CT molecular complexity index is 1470. The minimum Gasteiger partial charge on any atom is -0.457 e. The lowest BCUT2D eigenvalue weighted by atomic mass is 10.1. The fourth-order valence-electron chi connectivity index (χ4n) is 3.41. The Kier molecular flexibility index (Phi) is 5.16. The minimum atomic E-state index is -0.258. The number of anilines is 2. The summed E-state index contributed by atoms with van der Waals surface area (Å²) in [6.45, 7) is 0. The van der Waals surface area contributed by atoms with Crippen molar-refractivity contribution in [2.75, 3.05) is 11.5 Å². The normalized spacial score (nSPS) is 10.8. The average Bonchev–Trinajstić information content (AvgIpc) is 2.84. The van der Waals surface area contributed by atoms with E-state index in [1.54, 1.807) is 78.9 Å². The lowest BCUT2D eigenvalue weighted by Gasteiger charge is -2.12. The summed E-state index contributed by atoms with van der Waals surface area (Å²) >= 11 is 0. The number of rotatable bonds is 5. The monoisotopic (exact) mass is 436 g/mol. The summed E-state index contributed by atoms with van der Waals surface area (Å²) < 4.78 is 18.0. The van der Waals surface area contributed by atoms with E-state index in [-0.39, 0.29) is 11.2 Å². The summed E-state index contributed by atoms with van der Waals surface area (Å²) in [5, 5.41) is 0.440. The van der Waals surface area contributed by atoms with Crippen molar-refractivity contribution in [3.05, 3.63) is 107 Å². The van der Waals surface area contributed by atoms with E-state index in [9.17, 15) is 4.79 Å². The molecule has 0 bridgehead atoms. The molecule has 0 aliphatic heterocycles. The number of ether oxygens (including phenoxy) is 2. The van der Waals surface area contributed by atoms with Crippen molar-refractivity contribution in [3.8, 4) is 34.3 Å². The van der Waals surface area contributed by atoms with Gasteiger partial charge < -0.3 is 25.4 Å². The van der Waals surface area contributed by atoms with E-state index in [1.807, 2.05) is 18.2 Å². The van der Waals surface area contributed by atoms with E-state index < -0.39 is 0 Å². The summed E-state index contributed by atoms with van der Waals surface area (Å²) in [4.78, 5) is 13.3. The number of nitrogen functional groups attached to an aromatic ring is 2. The van der Waals surface area contributed by atoms with Crippen LogP contribution in [0.1, 0.15) is 0 Å². The van der Waals surface area contributed by atoms with Crippen LogP contribution < -0.4 is 26.4 Å². The fourth-order valence-corrected chi connectivity index (χ4v) is 3.41. The van der Waals surface area contributed by atoms with Crippen LogP contribution in [-0.4, -0.2) is 0 Å². The highest BCUT2D eigenvalue weighted by Gasteiger charge is 2.18. The molecule has 5 rings (SSSR count). The van der Waals surface area contributed by atoms with Crippen LogP contribution in [0.25, 0.3) is 22.3 Å². The summed E-state index contributed by atoms with van der Waals surface area (Å²) in [5.41, 5.74) is 13.6. The molecule has 1 heterocycles. The molecule has 33 heavy (non-hydrogen) atoms. The molecule has 4 aromatic carbocycles. The largest absolute Gasteiger partial charge is 0.457 e. The molecule has 6 nitrogen and oxygen atoms in total. The molecule has 0 saturated carbocycles. The second-order valence-corrected chi connectivity index (χ2v) is 7.45.